The molecule has 0 saturated heterocycles. The Kier molecular flexibility index (Phi) is 3.67. The van der Waals surface area contributed by atoms with E-state index in [0.29, 0.717) is 0 Å². The topological polar surface area (TPSA) is 8.17 Å². The van der Waals surface area contributed by atoms with Crippen LogP contribution in [0.4, 0.5) is 0 Å². The molecule has 2 heterocycles. The average molecular weight is 330 g/mol. The molecule has 1 aromatic heterocycles. The molecular formula is C23H26N2. The minimum Gasteiger partial charge on any atom is -0.344 e. The largest absolute Gasteiger partial charge is 0.344 e. The summed E-state index contributed by atoms with van der Waals surface area (Å²) in [6.07, 6.45) is 5.12. The second-order valence-electron chi connectivity index (χ2n) is 7.78. The zero-order chi connectivity index (χ0) is 16.8. The number of hydrogen-bond donors (Lipinski definition) is 0. The molecule has 1 aliphatic carbocycles. The number of benzene rings is 2. The van der Waals surface area contributed by atoms with Gasteiger partial charge in [-0.05, 0) is 49.4 Å². The Balaban J connectivity index is 1.54. The van der Waals surface area contributed by atoms with E-state index in [9.17, 15) is 0 Å². The van der Waals surface area contributed by atoms with Crippen molar-refractivity contribution in [2.45, 2.75) is 51.7 Å². The highest BCUT2D eigenvalue weighted by Crippen LogP contribution is 2.36. The molecule has 128 valence electrons. The molecule has 5 rings (SSSR count). The van der Waals surface area contributed by atoms with Crippen LogP contribution in [0.25, 0.3) is 10.9 Å². The summed E-state index contributed by atoms with van der Waals surface area (Å²) in [5.74, 6) is 0. The molecule has 25 heavy (non-hydrogen) atoms. The minimum atomic E-state index is 0.862. The van der Waals surface area contributed by atoms with Gasteiger partial charge in [-0.3, -0.25) is 4.90 Å². The quantitative estimate of drug-likeness (QED) is 0.672. The second kappa shape index (κ2) is 6.03. The Morgan fingerprint density at radius 3 is 2.68 bits per heavy atom. The van der Waals surface area contributed by atoms with E-state index in [2.05, 4.69) is 64.9 Å². The van der Waals surface area contributed by atoms with Crippen LogP contribution in [0, 0.1) is 6.92 Å². The van der Waals surface area contributed by atoms with Crippen molar-refractivity contribution in [1.82, 2.24) is 9.47 Å². The van der Waals surface area contributed by atoms with Gasteiger partial charge in [0.2, 0.25) is 0 Å². The molecule has 0 bridgehead atoms. The Labute approximate surface area is 150 Å². The van der Waals surface area contributed by atoms with Crippen LogP contribution < -0.4 is 0 Å². The van der Waals surface area contributed by atoms with Crippen molar-refractivity contribution < 1.29 is 0 Å². The molecule has 1 fully saturated rings. The number of rotatable bonds is 4. The predicted octanol–water partition coefficient (Wildman–Crippen LogP) is 4.71. The van der Waals surface area contributed by atoms with E-state index in [1.54, 1.807) is 11.3 Å². The van der Waals surface area contributed by atoms with Crippen molar-refractivity contribution in [3.8, 4) is 0 Å². The molecule has 1 saturated carbocycles. The Morgan fingerprint density at radius 2 is 1.88 bits per heavy atom. The second-order valence-corrected chi connectivity index (χ2v) is 7.78. The van der Waals surface area contributed by atoms with E-state index in [4.69, 9.17) is 0 Å². The fraction of sp³-hybridized carbons (Fsp3) is 0.391. The summed E-state index contributed by atoms with van der Waals surface area (Å²) in [6.45, 7) is 5.69. The van der Waals surface area contributed by atoms with Crippen LogP contribution >= 0.6 is 0 Å². The van der Waals surface area contributed by atoms with Crippen molar-refractivity contribution in [1.29, 1.82) is 0 Å². The van der Waals surface area contributed by atoms with Gasteiger partial charge in [0.15, 0.2) is 0 Å². The summed E-state index contributed by atoms with van der Waals surface area (Å²) >= 11 is 0. The zero-order valence-electron chi connectivity index (χ0n) is 15.0. The molecule has 0 atom stereocenters. The zero-order valence-corrected chi connectivity index (χ0v) is 15.0. The van der Waals surface area contributed by atoms with Gasteiger partial charge in [-0.15, -0.1) is 0 Å². The van der Waals surface area contributed by atoms with E-state index in [1.807, 2.05) is 0 Å². The summed E-state index contributed by atoms with van der Waals surface area (Å²) in [4.78, 5) is 2.71. The van der Waals surface area contributed by atoms with Crippen molar-refractivity contribution >= 4 is 10.9 Å². The number of aryl methyl sites for hydroxylation is 3. The van der Waals surface area contributed by atoms with Crippen LogP contribution in [0.3, 0.4) is 0 Å². The lowest BCUT2D eigenvalue weighted by Crippen LogP contribution is -2.32. The lowest BCUT2D eigenvalue weighted by Gasteiger charge is -2.28. The minimum absolute atomic E-state index is 0.862. The van der Waals surface area contributed by atoms with E-state index in [1.165, 1.54) is 47.8 Å². The monoisotopic (exact) mass is 330 g/mol. The first-order chi connectivity index (χ1) is 12.3. The first-order valence-electron chi connectivity index (χ1n) is 9.68. The normalized spacial score (nSPS) is 17.8. The SMILES string of the molecule is Cc1ccc2c(c1)c1c(n2CCc2ccccc2)CCN(C2CC2)C1. The number of aromatic nitrogens is 1. The molecule has 0 radical (unpaired) electrons. The molecule has 2 nitrogen and oxygen atoms in total. The number of fused-ring (bicyclic) bond motifs is 3. The molecule has 0 amide bonds. The molecular weight excluding hydrogens is 304 g/mol. The van der Waals surface area contributed by atoms with E-state index >= 15 is 0 Å². The number of hydrogen-bond acceptors (Lipinski definition) is 1. The van der Waals surface area contributed by atoms with Crippen molar-refractivity contribution in [3.63, 3.8) is 0 Å². The highest BCUT2D eigenvalue weighted by atomic mass is 15.2. The fourth-order valence-corrected chi connectivity index (χ4v) is 4.48. The predicted molar refractivity (Wildman–Crippen MR) is 104 cm³/mol. The third-order valence-electron chi connectivity index (χ3n) is 5.97. The first-order valence-corrected chi connectivity index (χ1v) is 9.68. The fourth-order valence-electron chi connectivity index (χ4n) is 4.48. The number of nitrogens with zero attached hydrogens (tertiary/aromatic N) is 2. The summed E-state index contributed by atoms with van der Waals surface area (Å²) < 4.78 is 2.61. The van der Waals surface area contributed by atoms with Gasteiger partial charge in [0, 0.05) is 48.7 Å². The molecule has 0 unspecified atom stereocenters. The Hall–Kier alpha value is -2.06. The lowest BCUT2D eigenvalue weighted by atomic mass is 10.0. The molecule has 2 aromatic carbocycles. The summed E-state index contributed by atoms with van der Waals surface area (Å²) in [6, 6.07) is 18.8. The Bertz CT molecular complexity index is 903. The first kappa shape index (κ1) is 15.2. The molecule has 2 heteroatoms. The lowest BCUT2D eigenvalue weighted by molar-refractivity contribution is 0.241. The summed E-state index contributed by atoms with van der Waals surface area (Å²) in [7, 11) is 0. The third kappa shape index (κ3) is 2.79. The van der Waals surface area contributed by atoms with Gasteiger partial charge in [-0.1, -0.05) is 42.0 Å². The van der Waals surface area contributed by atoms with Gasteiger partial charge < -0.3 is 4.57 Å². The van der Waals surface area contributed by atoms with Crippen LogP contribution in [0.15, 0.2) is 48.5 Å². The molecule has 1 aliphatic heterocycles. The average Bonchev–Trinajstić information content (AvgIpc) is 3.45. The maximum atomic E-state index is 2.71. The standard InChI is InChI=1S/C23H26N2/c1-17-7-10-22-20(15-17)21-16-24(19-8-9-19)13-12-23(21)25(22)14-11-18-5-3-2-4-6-18/h2-7,10,15,19H,8-9,11-14,16H2,1H3. The van der Waals surface area contributed by atoms with Crippen LogP contribution in [0.5, 0.6) is 0 Å². The van der Waals surface area contributed by atoms with Crippen LogP contribution in [0.2, 0.25) is 0 Å². The highest BCUT2D eigenvalue weighted by Gasteiger charge is 2.33. The molecule has 0 spiro atoms. The van der Waals surface area contributed by atoms with Crippen molar-refractivity contribution in [2.24, 2.45) is 0 Å². The van der Waals surface area contributed by atoms with Gasteiger partial charge in [-0.25, -0.2) is 0 Å². The Morgan fingerprint density at radius 1 is 1.04 bits per heavy atom. The van der Waals surface area contributed by atoms with Crippen LogP contribution in [-0.2, 0) is 25.9 Å². The van der Waals surface area contributed by atoms with Gasteiger partial charge in [-0.2, -0.15) is 0 Å². The summed E-state index contributed by atoms with van der Waals surface area (Å²) in [5, 5.41) is 1.49. The smallest absolute Gasteiger partial charge is 0.0486 e. The van der Waals surface area contributed by atoms with Gasteiger partial charge in [0.1, 0.15) is 0 Å². The maximum Gasteiger partial charge on any atom is 0.0486 e. The van der Waals surface area contributed by atoms with E-state index < -0.39 is 0 Å². The summed E-state index contributed by atoms with van der Waals surface area (Å²) in [5.41, 5.74) is 7.43. The third-order valence-corrected chi connectivity index (χ3v) is 5.97. The van der Waals surface area contributed by atoms with E-state index in [0.717, 1.165) is 25.6 Å². The highest BCUT2D eigenvalue weighted by molar-refractivity contribution is 5.86. The molecule has 3 aromatic rings. The van der Waals surface area contributed by atoms with Crippen LogP contribution in [-0.4, -0.2) is 22.1 Å². The maximum absolute atomic E-state index is 2.71. The van der Waals surface area contributed by atoms with E-state index in [-0.39, 0.29) is 0 Å². The van der Waals surface area contributed by atoms with Crippen LogP contribution in [0.1, 0.15) is 35.2 Å². The molecule has 2 aliphatic rings. The van der Waals surface area contributed by atoms with Crippen molar-refractivity contribution in [3.05, 3.63) is 70.9 Å². The molecule has 0 N–H and O–H groups in total. The van der Waals surface area contributed by atoms with Gasteiger partial charge >= 0.3 is 0 Å². The van der Waals surface area contributed by atoms with Gasteiger partial charge in [0.05, 0.1) is 0 Å². The van der Waals surface area contributed by atoms with Crippen molar-refractivity contribution in [2.75, 3.05) is 6.54 Å². The van der Waals surface area contributed by atoms with Gasteiger partial charge in [0.25, 0.3) is 0 Å².